The van der Waals surface area contributed by atoms with Gasteiger partial charge in [-0.05, 0) is 37.3 Å². The first-order chi connectivity index (χ1) is 12.9. The Labute approximate surface area is 168 Å². The summed E-state index contributed by atoms with van der Waals surface area (Å²) in [5.41, 5.74) is 1.03. The van der Waals surface area contributed by atoms with Crippen LogP contribution in [0.1, 0.15) is 6.92 Å². The highest BCUT2D eigenvalue weighted by Gasteiger charge is 2.14. The summed E-state index contributed by atoms with van der Waals surface area (Å²) < 4.78 is 2.29. The molecule has 0 bridgehead atoms. The fourth-order valence-corrected chi connectivity index (χ4v) is 3.78. The third-order valence-corrected chi connectivity index (χ3v) is 5.18. The molecule has 0 aliphatic heterocycles. The molecule has 0 saturated carbocycles. The topological polar surface area (TPSA) is 84.2 Å². The van der Waals surface area contributed by atoms with Gasteiger partial charge in [0.15, 0.2) is 5.16 Å². The first-order valence-electron chi connectivity index (χ1n) is 8.30. The van der Waals surface area contributed by atoms with Crippen molar-refractivity contribution in [1.29, 1.82) is 0 Å². The van der Waals surface area contributed by atoms with Crippen molar-refractivity contribution in [1.82, 2.24) is 9.55 Å². The van der Waals surface area contributed by atoms with Gasteiger partial charge in [-0.1, -0.05) is 45.9 Å². The molecule has 3 aromatic rings. The van der Waals surface area contributed by atoms with Crippen LogP contribution in [0, 0.1) is 0 Å². The van der Waals surface area contributed by atoms with E-state index in [4.69, 9.17) is 0 Å². The van der Waals surface area contributed by atoms with Crippen LogP contribution in [0.5, 0.6) is 0 Å². The Bertz CT molecular complexity index is 1040. The molecule has 1 aromatic heterocycles. The lowest BCUT2D eigenvalue weighted by Crippen LogP contribution is -2.28. The van der Waals surface area contributed by atoms with Gasteiger partial charge in [0.05, 0.1) is 29.3 Å². The van der Waals surface area contributed by atoms with Gasteiger partial charge in [0.1, 0.15) is 0 Å². The standard InChI is InChI=1S/C19H18BrN3O3S/c1-12(24)10-23-18(26)15-7-2-3-8-16(15)22-19(23)27-11-17(25)21-14-6-4-5-13(20)9-14/h2-9,12,24H,10-11H2,1H3,(H,21,25)/t12-/m1/s1. The molecule has 1 amide bonds. The number of halogens is 1. The van der Waals surface area contributed by atoms with Crippen LogP contribution in [0.4, 0.5) is 5.69 Å². The van der Waals surface area contributed by atoms with Crippen molar-refractivity contribution in [3.8, 4) is 0 Å². The Morgan fingerprint density at radius 3 is 2.81 bits per heavy atom. The zero-order valence-corrected chi connectivity index (χ0v) is 17.0. The van der Waals surface area contributed by atoms with E-state index in [9.17, 15) is 14.7 Å². The van der Waals surface area contributed by atoms with E-state index in [1.54, 1.807) is 37.3 Å². The maximum atomic E-state index is 12.8. The number of amides is 1. The molecule has 0 spiro atoms. The van der Waals surface area contributed by atoms with Crippen molar-refractivity contribution in [2.45, 2.75) is 24.7 Å². The zero-order valence-electron chi connectivity index (χ0n) is 14.6. The summed E-state index contributed by atoms with van der Waals surface area (Å²) in [6.45, 7) is 1.72. The first-order valence-corrected chi connectivity index (χ1v) is 10.1. The fourth-order valence-electron chi connectivity index (χ4n) is 2.58. The maximum absolute atomic E-state index is 12.8. The van der Waals surface area contributed by atoms with Crippen molar-refractivity contribution in [3.05, 3.63) is 63.4 Å². The van der Waals surface area contributed by atoms with Gasteiger partial charge in [-0.25, -0.2) is 4.98 Å². The lowest BCUT2D eigenvalue weighted by molar-refractivity contribution is -0.113. The average molecular weight is 448 g/mol. The molecule has 2 aromatic carbocycles. The number of carbonyl (C=O) groups is 1. The number of rotatable bonds is 6. The molecule has 8 heteroatoms. The maximum Gasteiger partial charge on any atom is 0.262 e. The number of nitrogens with one attached hydrogen (secondary N) is 1. The molecule has 0 fully saturated rings. The number of para-hydroxylation sites is 1. The van der Waals surface area contributed by atoms with E-state index in [0.717, 1.165) is 4.47 Å². The van der Waals surface area contributed by atoms with Crippen molar-refractivity contribution < 1.29 is 9.90 Å². The number of aliphatic hydroxyl groups is 1. The monoisotopic (exact) mass is 447 g/mol. The first kappa shape index (κ1) is 19.6. The van der Waals surface area contributed by atoms with Crippen LogP contribution >= 0.6 is 27.7 Å². The van der Waals surface area contributed by atoms with Crippen LogP contribution in [-0.2, 0) is 11.3 Å². The minimum Gasteiger partial charge on any atom is -0.392 e. The lowest BCUT2D eigenvalue weighted by atomic mass is 10.2. The van der Waals surface area contributed by atoms with Crippen LogP contribution in [0.25, 0.3) is 10.9 Å². The van der Waals surface area contributed by atoms with Crippen molar-refractivity contribution in [2.24, 2.45) is 0 Å². The Balaban J connectivity index is 1.82. The number of thioether (sulfide) groups is 1. The Morgan fingerprint density at radius 1 is 1.30 bits per heavy atom. The molecule has 1 heterocycles. The van der Waals surface area contributed by atoms with Crippen molar-refractivity contribution >= 4 is 50.2 Å². The molecular weight excluding hydrogens is 430 g/mol. The summed E-state index contributed by atoms with van der Waals surface area (Å²) >= 11 is 4.53. The van der Waals surface area contributed by atoms with Gasteiger partial charge < -0.3 is 10.4 Å². The van der Waals surface area contributed by atoms with Crippen LogP contribution in [-0.4, -0.2) is 32.4 Å². The molecular formula is C19H18BrN3O3S. The molecule has 0 radical (unpaired) electrons. The molecule has 1 atom stereocenters. The molecule has 27 heavy (non-hydrogen) atoms. The lowest BCUT2D eigenvalue weighted by Gasteiger charge is -2.14. The summed E-state index contributed by atoms with van der Waals surface area (Å²) in [6, 6.07) is 14.4. The molecule has 140 valence electrons. The minimum absolute atomic E-state index is 0.0943. The van der Waals surface area contributed by atoms with Gasteiger partial charge in [0, 0.05) is 10.2 Å². The Hall–Kier alpha value is -2.16. The van der Waals surface area contributed by atoms with Gasteiger partial charge in [0.2, 0.25) is 5.91 Å². The quantitative estimate of drug-likeness (QED) is 0.447. The smallest absolute Gasteiger partial charge is 0.262 e. The number of benzene rings is 2. The Morgan fingerprint density at radius 2 is 2.07 bits per heavy atom. The fraction of sp³-hybridized carbons (Fsp3) is 0.211. The summed E-state index contributed by atoms with van der Waals surface area (Å²) in [5, 5.41) is 13.4. The molecule has 0 aliphatic carbocycles. The third-order valence-electron chi connectivity index (χ3n) is 3.71. The normalized spacial score (nSPS) is 12.1. The second-order valence-corrected chi connectivity index (χ2v) is 7.88. The number of fused-ring (bicyclic) bond motifs is 1. The van der Waals surface area contributed by atoms with E-state index in [1.807, 2.05) is 18.2 Å². The van der Waals surface area contributed by atoms with Crippen molar-refractivity contribution in [2.75, 3.05) is 11.1 Å². The van der Waals surface area contributed by atoms with E-state index in [0.29, 0.717) is 21.7 Å². The number of hydrogen-bond donors (Lipinski definition) is 2. The predicted octanol–water partition coefficient (Wildman–Crippen LogP) is 3.27. The second-order valence-electron chi connectivity index (χ2n) is 6.02. The molecule has 2 N–H and O–H groups in total. The summed E-state index contributed by atoms with van der Waals surface area (Å²) in [4.78, 5) is 29.5. The van der Waals surface area contributed by atoms with E-state index in [1.165, 1.54) is 16.3 Å². The van der Waals surface area contributed by atoms with Crippen LogP contribution in [0.15, 0.2) is 63.0 Å². The highest BCUT2D eigenvalue weighted by Crippen LogP contribution is 2.20. The third kappa shape index (κ3) is 4.97. The van der Waals surface area contributed by atoms with Gasteiger partial charge in [-0.3, -0.25) is 14.2 Å². The summed E-state index contributed by atoms with van der Waals surface area (Å²) in [6.07, 6.45) is -0.708. The van der Waals surface area contributed by atoms with Crippen LogP contribution < -0.4 is 10.9 Å². The Kier molecular flexibility index (Phi) is 6.30. The second kappa shape index (κ2) is 8.69. The van der Waals surface area contributed by atoms with Crippen molar-refractivity contribution in [3.63, 3.8) is 0 Å². The number of aromatic nitrogens is 2. The minimum atomic E-state index is -0.708. The number of nitrogens with zero attached hydrogens (tertiary/aromatic N) is 2. The summed E-state index contributed by atoms with van der Waals surface area (Å²) in [7, 11) is 0. The summed E-state index contributed by atoms with van der Waals surface area (Å²) in [5.74, 6) is -0.110. The molecule has 6 nitrogen and oxygen atoms in total. The SMILES string of the molecule is C[C@@H](O)Cn1c(SCC(=O)Nc2cccc(Br)c2)nc2ccccc2c1=O. The number of anilines is 1. The van der Waals surface area contributed by atoms with E-state index >= 15 is 0 Å². The highest BCUT2D eigenvalue weighted by molar-refractivity contribution is 9.10. The number of carbonyl (C=O) groups excluding carboxylic acids is 1. The van der Waals surface area contributed by atoms with Gasteiger partial charge >= 0.3 is 0 Å². The van der Waals surface area contributed by atoms with Gasteiger partial charge in [0.25, 0.3) is 5.56 Å². The zero-order chi connectivity index (χ0) is 19.4. The number of aliphatic hydroxyl groups excluding tert-OH is 1. The van der Waals surface area contributed by atoms with E-state index < -0.39 is 6.10 Å². The average Bonchev–Trinajstić information content (AvgIpc) is 2.62. The largest absolute Gasteiger partial charge is 0.392 e. The predicted molar refractivity (Wildman–Crippen MR) is 111 cm³/mol. The number of hydrogen-bond acceptors (Lipinski definition) is 5. The van der Waals surface area contributed by atoms with Gasteiger partial charge in [-0.2, -0.15) is 0 Å². The van der Waals surface area contributed by atoms with Gasteiger partial charge in [-0.15, -0.1) is 0 Å². The van der Waals surface area contributed by atoms with E-state index in [-0.39, 0.29) is 23.8 Å². The van der Waals surface area contributed by atoms with Crippen LogP contribution in [0.3, 0.4) is 0 Å². The molecule has 0 unspecified atom stereocenters. The van der Waals surface area contributed by atoms with Crippen LogP contribution in [0.2, 0.25) is 0 Å². The molecule has 0 aliphatic rings. The molecule has 0 saturated heterocycles. The highest BCUT2D eigenvalue weighted by atomic mass is 79.9. The van der Waals surface area contributed by atoms with E-state index in [2.05, 4.69) is 26.2 Å². The molecule has 3 rings (SSSR count).